The molecule has 24 heavy (non-hydrogen) atoms. The zero-order valence-corrected chi connectivity index (χ0v) is 14.1. The summed E-state index contributed by atoms with van der Waals surface area (Å²) in [6.07, 6.45) is 7.71. The molecule has 2 aliphatic heterocycles. The van der Waals surface area contributed by atoms with Crippen LogP contribution in [0.4, 0.5) is 0 Å². The van der Waals surface area contributed by atoms with E-state index in [1.165, 1.54) is 32.2 Å². The van der Waals surface area contributed by atoms with E-state index in [4.69, 9.17) is 13.9 Å². The lowest BCUT2D eigenvalue weighted by Crippen LogP contribution is -2.54. The van der Waals surface area contributed by atoms with E-state index >= 15 is 0 Å². The van der Waals surface area contributed by atoms with E-state index in [0.717, 1.165) is 26.0 Å². The van der Waals surface area contributed by atoms with E-state index in [1.807, 2.05) is 4.90 Å². The predicted octanol–water partition coefficient (Wildman–Crippen LogP) is 1.76. The maximum absolute atomic E-state index is 12.7. The van der Waals surface area contributed by atoms with Crippen molar-refractivity contribution >= 4 is 5.91 Å². The van der Waals surface area contributed by atoms with Gasteiger partial charge in [-0.2, -0.15) is 0 Å². The van der Waals surface area contributed by atoms with Gasteiger partial charge in [0.05, 0.1) is 37.2 Å². The lowest BCUT2D eigenvalue weighted by molar-refractivity contribution is -0.106. The Balaban J connectivity index is 1.33. The summed E-state index contributed by atoms with van der Waals surface area (Å²) in [6, 6.07) is 1.85. The number of morpholine rings is 1. The minimum Gasteiger partial charge on any atom is -0.472 e. The lowest BCUT2D eigenvalue weighted by Gasteiger charge is -2.39. The first kappa shape index (κ1) is 16.1. The third kappa shape index (κ3) is 3.23. The van der Waals surface area contributed by atoms with Gasteiger partial charge < -0.3 is 23.7 Å². The monoisotopic (exact) mass is 334 g/mol. The first-order valence-electron chi connectivity index (χ1n) is 9.11. The Labute approximate surface area is 142 Å². The van der Waals surface area contributed by atoms with E-state index in [2.05, 4.69) is 4.90 Å². The number of ether oxygens (including phenoxy) is 2. The van der Waals surface area contributed by atoms with Crippen LogP contribution in [-0.2, 0) is 9.47 Å². The van der Waals surface area contributed by atoms with Gasteiger partial charge in [-0.1, -0.05) is 0 Å². The van der Waals surface area contributed by atoms with Crippen molar-refractivity contribution in [2.24, 2.45) is 0 Å². The van der Waals surface area contributed by atoms with Gasteiger partial charge in [0.15, 0.2) is 0 Å². The average Bonchev–Trinajstić information content (AvgIpc) is 3.36. The van der Waals surface area contributed by atoms with E-state index in [0.29, 0.717) is 18.7 Å². The second-order valence-corrected chi connectivity index (χ2v) is 6.95. The van der Waals surface area contributed by atoms with Gasteiger partial charge in [-0.15, -0.1) is 0 Å². The summed E-state index contributed by atoms with van der Waals surface area (Å²) in [7, 11) is 0. The standard InChI is InChI=1S/C18H26N2O4/c21-18(14-5-10-22-13-14)20-9-12-24-17-15(20)3-4-16(17)23-11-8-19-6-1-2-7-19/h5,10,13,15-17H,1-4,6-9,11-12H2/t15-,16+,17+/m0/s1. The van der Waals surface area contributed by atoms with Crippen LogP contribution in [0.3, 0.4) is 0 Å². The molecule has 6 heteroatoms. The highest BCUT2D eigenvalue weighted by Crippen LogP contribution is 2.33. The molecule has 1 amide bonds. The van der Waals surface area contributed by atoms with Gasteiger partial charge in [0.1, 0.15) is 12.4 Å². The minimum atomic E-state index is 0.00757. The third-order valence-electron chi connectivity index (χ3n) is 5.50. The van der Waals surface area contributed by atoms with Crippen molar-refractivity contribution in [2.45, 2.75) is 43.9 Å². The van der Waals surface area contributed by atoms with E-state index in [9.17, 15) is 4.79 Å². The van der Waals surface area contributed by atoms with Crippen LogP contribution in [0.25, 0.3) is 0 Å². The van der Waals surface area contributed by atoms with Crippen LogP contribution in [0.5, 0.6) is 0 Å². The van der Waals surface area contributed by atoms with Crippen molar-refractivity contribution < 1.29 is 18.7 Å². The van der Waals surface area contributed by atoms with Crippen LogP contribution >= 0.6 is 0 Å². The molecule has 3 heterocycles. The molecule has 1 aromatic rings. The Morgan fingerprint density at radius 1 is 1.25 bits per heavy atom. The number of hydrogen-bond acceptors (Lipinski definition) is 5. The van der Waals surface area contributed by atoms with Crippen molar-refractivity contribution in [1.29, 1.82) is 0 Å². The molecule has 3 atom stereocenters. The van der Waals surface area contributed by atoms with Gasteiger partial charge in [0.25, 0.3) is 5.91 Å². The number of carbonyl (C=O) groups is 1. The number of furan rings is 1. The highest BCUT2D eigenvalue weighted by Gasteiger charge is 2.45. The van der Waals surface area contributed by atoms with Crippen molar-refractivity contribution in [1.82, 2.24) is 9.80 Å². The molecule has 2 saturated heterocycles. The molecule has 3 aliphatic rings. The summed E-state index contributed by atoms with van der Waals surface area (Å²) in [6.45, 7) is 5.38. The molecule has 4 rings (SSSR count). The smallest absolute Gasteiger partial charge is 0.257 e. The number of nitrogens with zero attached hydrogens (tertiary/aromatic N) is 2. The topological polar surface area (TPSA) is 55.2 Å². The zero-order chi connectivity index (χ0) is 16.4. The Morgan fingerprint density at radius 3 is 2.92 bits per heavy atom. The molecule has 1 aromatic heterocycles. The fraction of sp³-hybridized carbons (Fsp3) is 0.722. The molecule has 0 spiro atoms. The molecule has 1 saturated carbocycles. The highest BCUT2D eigenvalue weighted by molar-refractivity contribution is 5.94. The fourth-order valence-corrected chi connectivity index (χ4v) is 4.24. The highest BCUT2D eigenvalue weighted by atomic mass is 16.5. The first-order valence-corrected chi connectivity index (χ1v) is 9.11. The Hall–Kier alpha value is -1.37. The molecule has 0 aromatic carbocycles. The largest absolute Gasteiger partial charge is 0.472 e. The second-order valence-electron chi connectivity index (χ2n) is 6.95. The Morgan fingerprint density at radius 2 is 2.12 bits per heavy atom. The van der Waals surface area contributed by atoms with Crippen LogP contribution < -0.4 is 0 Å². The van der Waals surface area contributed by atoms with Gasteiger partial charge in [0, 0.05) is 13.1 Å². The van der Waals surface area contributed by atoms with Crippen molar-refractivity contribution in [3.05, 3.63) is 24.2 Å². The number of rotatable bonds is 5. The van der Waals surface area contributed by atoms with E-state index in [-0.39, 0.29) is 24.2 Å². The van der Waals surface area contributed by atoms with E-state index < -0.39 is 0 Å². The van der Waals surface area contributed by atoms with Crippen molar-refractivity contribution in [3.63, 3.8) is 0 Å². The van der Waals surface area contributed by atoms with E-state index in [1.54, 1.807) is 12.3 Å². The molecule has 0 bridgehead atoms. The summed E-state index contributed by atoms with van der Waals surface area (Å²) in [5, 5.41) is 0. The summed E-state index contributed by atoms with van der Waals surface area (Å²) in [5.41, 5.74) is 0.619. The van der Waals surface area contributed by atoms with Gasteiger partial charge >= 0.3 is 0 Å². The lowest BCUT2D eigenvalue weighted by atomic mass is 10.1. The van der Waals surface area contributed by atoms with Crippen LogP contribution in [0.2, 0.25) is 0 Å². The van der Waals surface area contributed by atoms with Gasteiger partial charge in [-0.3, -0.25) is 4.79 Å². The summed E-state index contributed by atoms with van der Waals surface area (Å²) in [5.74, 6) is 0.0415. The predicted molar refractivity (Wildman–Crippen MR) is 87.9 cm³/mol. The molecule has 132 valence electrons. The summed E-state index contributed by atoms with van der Waals surface area (Å²) in [4.78, 5) is 17.1. The number of hydrogen-bond donors (Lipinski definition) is 0. The molecule has 0 N–H and O–H groups in total. The normalized spacial score (nSPS) is 30.7. The Bertz CT molecular complexity index is 541. The quantitative estimate of drug-likeness (QED) is 0.821. The van der Waals surface area contributed by atoms with Crippen LogP contribution in [0, 0.1) is 0 Å². The molecule has 6 nitrogen and oxygen atoms in total. The van der Waals surface area contributed by atoms with Crippen LogP contribution in [0.1, 0.15) is 36.0 Å². The minimum absolute atomic E-state index is 0.00757. The third-order valence-corrected chi connectivity index (χ3v) is 5.50. The SMILES string of the molecule is O=C(c1ccoc1)N1CCO[C@H]2[C@H](OCCN3CCCC3)CC[C@@H]21. The van der Waals surface area contributed by atoms with Gasteiger partial charge in [-0.25, -0.2) is 0 Å². The molecule has 3 fully saturated rings. The maximum Gasteiger partial charge on any atom is 0.257 e. The molecule has 1 aliphatic carbocycles. The number of fused-ring (bicyclic) bond motifs is 1. The average molecular weight is 334 g/mol. The summed E-state index contributed by atoms with van der Waals surface area (Å²) >= 11 is 0. The Kier molecular flexibility index (Phi) is 4.87. The number of amides is 1. The zero-order valence-electron chi connectivity index (χ0n) is 14.1. The maximum atomic E-state index is 12.7. The molecule has 0 unspecified atom stereocenters. The first-order chi connectivity index (χ1) is 11.8. The molecule has 0 radical (unpaired) electrons. The summed E-state index contributed by atoms with van der Waals surface area (Å²) < 4.78 is 17.2. The second kappa shape index (κ2) is 7.25. The molecular weight excluding hydrogens is 308 g/mol. The van der Waals surface area contributed by atoms with Crippen molar-refractivity contribution in [3.8, 4) is 0 Å². The van der Waals surface area contributed by atoms with Gasteiger partial charge in [-0.05, 0) is 44.8 Å². The van der Waals surface area contributed by atoms with Crippen LogP contribution in [0.15, 0.2) is 23.0 Å². The number of likely N-dealkylation sites (tertiary alicyclic amines) is 1. The van der Waals surface area contributed by atoms with Crippen molar-refractivity contribution in [2.75, 3.05) is 39.4 Å². The molecular formula is C18H26N2O4. The van der Waals surface area contributed by atoms with Crippen LogP contribution in [-0.4, -0.2) is 73.3 Å². The van der Waals surface area contributed by atoms with Gasteiger partial charge in [0.2, 0.25) is 0 Å². The number of carbonyl (C=O) groups excluding carboxylic acids is 1. The fourth-order valence-electron chi connectivity index (χ4n) is 4.24.